The van der Waals surface area contributed by atoms with Crippen molar-refractivity contribution in [3.63, 3.8) is 0 Å². The summed E-state index contributed by atoms with van der Waals surface area (Å²) in [5.41, 5.74) is 0. The van der Waals surface area contributed by atoms with Gasteiger partial charge in [-0.15, -0.1) is 0 Å². The molecular weight excluding hydrogens is 203 g/mol. The van der Waals surface area contributed by atoms with Crippen LogP contribution in [0, 0.1) is 0 Å². The van der Waals surface area contributed by atoms with E-state index >= 15 is 0 Å². The van der Waals surface area contributed by atoms with Gasteiger partial charge in [-0.3, -0.25) is 0 Å². The van der Waals surface area contributed by atoms with Gasteiger partial charge in [0.15, 0.2) is 0 Å². The Kier molecular flexibility index (Phi) is 1.69. The normalized spacial score (nSPS) is 39.7. The fourth-order valence-electron chi connectivity index (χ4n) is 0.608. The Morgan fingerprint density at radius 3 is 2.57 bits per heavy atom. The number of allylic oxidation sites excluding steroid dienone is 1. The van der Waals surface area contributed by atoms with Crippen molar-refractivity contribution in [2.24, 2.45) is 0 Å². The van der Waals surface area contributed by atoms with Crippen LogP contribution in [0.2, 0.25) is 0 Å². The van der Waals surface area contributed by atoms with Crippen molar-refractivity contribution in [2.45, 2.75) is 16.4 Å². The minimum atomic E-state index is -0.180. The summed E-state index contributed by atoms with van der Waals surface area (Å²) in [6.07, 6.45) is 4.71. The summed E-state index contributed by atoms with van der Waals surface area (Å²) in [5.74, 6) is 0. The molecule has 0 aromatic carbocycles. The number of hydrogen-bond donors (Lipinski definition) is 1. The summed E-state index contributed by atoms with van der Waals surface area (Å²) >= 11 is 2.25. The van der Waals surface area contributed by atoms with E-state index in [9.17, 15) is 0 Å². The fraction of sp³-hybridized carbons (Fsp3) is 0.600. The smallest absolute Gasteiger partial charge is 0.0841 e. The molecular formula is C5H7IO. The number of alkyl halides is 1. The van der Waals surface area contributed by atoms with Gasteiger partial charge in [-0.25, -0.2) is 0 Å². The third-order valence-electron chi connectivity index (χ3n) is 1.07. The summed E-state index contributed by atoms with van der Waals surface area (Å²) < 4.78 is 0.428. The van der Waals surface area contributed by atoms with E-state index in [1.165, 1.54) is 0 Å². The Labute approximate surface area is 56.6 Å². The molecule has 1 rings (SSSR count). The van der Waals surface area contributed by atoms with E-state index < -0.39 is 0 Å². The molecule has 0 saturated carbocycles. The molecule has 2 atom stereocenters. The largest absolute Gasteiger partial charge is 0.388 e. The average Bonchev–Trinajstić information content (AvgIpc) is 1.91. The van der Waals surface area contributed by atoms with Gasteiger partial charge in [0, 0.05) is 3.92 Å². The molecule has 0 aliphatic heterocycles. The number of hydrogen-bond acceptors (Lipinski definition) is 1. The van der Waals surface area contributed by atoms with Gasteiger partial charge in [-0.2, -0.15) is 0 Å². The number of halogens is 1. The van der Waals surface area contributed by atoms with E-state index in [0.29, 0.717) is 3.92 Å². The van der Waals surface area contributed by atoms with Crippen LogP contribution in [-0.2, 0) is 0 Å². The summed E-state index contributed by atoms with van der Waals surface area (Å²) in [6, 6.07) is 0. The molecule has 0 saturated heterocycles. The van der Waals surface area contributed by atoms with Gasteiger partial charge in [0.2, 0.25) is 0 Å². The zero-order valence-electron chi connectivity index (χ0n) is 3.84. The highest BCUT2D eigenvalue weighted by Gasteiger charge is 2.15. The van der Waals surface area contributed by atoms with Crippen molar-refractivity contribution in [1.29, 1.82) is 0 Å². The number of rotatable bonds is 0. The fourth-order valence-corrected chi connectivity index (χ4v) is 1.14. The minimum absolute atomic E-state index is 0.180. The first-order valence-electron chi connectivity index (χ1n) is 2.29. The zero-order valence-corrected chi connectivity index (χ0v) is 6.00. The second-order valence-electron chi connectivity index (χ2n) is 1.67. The van der Waals surface area contributed by atoms with E-state index in [1.54, 1.807) is 0 Å². The summed E-state index contributed by atoms with van der Waals surface area (Å²) in [4.78, 5) is 0. The Balaban J connectivity index is 2.45. The van der Waals surface area contributed by atoms with Crippen molar-refractivity contribution in [2.75, 3.05) is 0 Å². The Morgan fingerprint density at radius 2 is 2.43 bits per heavy atom. The second kappa shape index (κ2) is 2.13. The molecule has 0 bridgehead atoms. The SMILES string of the molecule is OC1C=CCC1I. The molecule has 0 heterocycles. The van der Waals surface area contributed by atoms with E-state index in [1.807, 2.05) is 12.2 Å². The third-order valence-corrected chi connectivity index (χ3v) is 2.31. The molecule has 0 aromatic rings. The van der Waals surface area contributed by atoms with Crippen LogP contribution in [0.15, 0.2) is 12.2 Å². The average molecular weight is 210 g/mol. The van der Waals surface area contributed by atoms with Crippen LogP contribution in [-0.4, -0.2) is 15.1 Å². The van der Waals surface area contributed by atoms with Crippen molar-refractivity contribution in [1.82, 2.24) is 0 Å². The van der Waals surface area contributed by atoms with Crippen LogP contribution in [0.1, 0.15) is 6.42 Å². The Bertz CT molecular complexity index is 90.1. The van der Waals surface area contributed by atoms with Crippen molar-refractivity contribution >= 4 is 22.6 Å². The quantitative estimate of drug-likeness (QED) is 0.360. The zero-order chi connectivity index (χ0) is 5.28. The molecule has 0 fully saturated rings. The van der Waals surface area contributed by atoms with Crippen LogP contribution >= 0.6 is 22.6 Å². The monoisotopic (exact) mass is 210 g/mol. The first-order valence-corrected chi connectivity index (χ1v) is 3.54. The molecule has 0 amide bonds. The number of aliphatic hydroxyl groups excluding tert-OH is 1. The summed E-state index contributed by atoms with van der Waals surface area (Å²) in [6.45, 7) is 0. The molecule has 1 aliphatic carbocycles. The van der Waals surface area contributed by atoms with Gasteiger partial charge in [-0.1, -0.05) is 34.7 Å². The van der Waals surface area contributed by atoms with E-state index in [2.05, 4.69) is 22.6 Å². The van der Waals surface area contributed by atoms with Crippen LogP contribution in [0.3, 0.4) is 0 Å². The maximum absolute atomic E-state index is 8.90. The summed E-state index contributed by atoms with van der Waals surface area (Å²) in [7, 11) is 0. The third kappa shape index (κ3) is 1.16. The molecule has 2 heteroatoms. The molecule has 0 spiro atoms. The predicted molar refractivity (Wildman–Crippen MR) is 37.6 cm³/mol. The first kappa shape index (κ1) is 5.56. The molecule has 0 aromatic heterocycles. The van der Waals surface area contributed by atoms with Crippen LogP contribution < -0.4 is 0 Å². The molecule has 40 valence electrons. The van der Waals surface area contributed by atoms with Crippen LogP contribution in [0.4, 0.5) is 0 Å². The van der Waals surface area contributed by atoms with E-state index in [0.717, 1.165) is 6.42 Å². The van der Waals surface area contributed by atoms with E-state index in [4.69, 9.17) is 5.11 Å². The van der Waals surface area contributed by atoms with Crippen LogP contribution in [0.25, 0.3) is 0 Å². The molecule has 1 N–H and O–H groups in total. The van der Waals surface area contributed by atoms with Gasteiger partial charge < -0.3 is 5.11 Å². The van der Waals surface area contributed by atoms with Gasteiger partial charge >= 0.3 is 0 Å². The predicted octanol–water partition coefficient (Wildman–Crippen LogP) is 1.11. The lowest BCUT2D eigenvalue weighted by Crippen LogP contribution is -2.10. The lowest BCUT2D eigenvalue weighted by atomic mass is 10.3. The lowest BCUT2D eigenvalue weighted by Gasteiger charge is -2.01. The van der Waals surface area contributed by atoms with Gasteiger partial charge in [0.25, 0.3) is 0 Å². The van der Waals surface area contributed by atoms with Crippen molar-refractivity contribution in [3.8, 4) is 0 Å². The maximum atomic E-state index is 8.90. The molecule has 1 aliphatic rings. The van der Waals surface area contributed by atoms with Gasteiger partial charge in [-0.05, 0) is 6.42 Å². The Morgan fingerprint density at radius 1 is 1.71 bits per heavy atom. The standard InChI is InChI=1S/C5H7IO/c6-4-2-1-3-5(4)7/h1,3-5,7H,2H2. The summed E-state index contributed by atoms with van der Waals surface area (Å²) in [5, 5.41) is 8.90. The van der Waals surface area contributed by atoms with Crippen molar-refractivity contribution < 1.29 is 5.11 Å². The Hall–Kier alpha value is 0.430. The lowest BCUT2D eigenvalue weighted by molar-refractivity contribution is 0.233. The van der Waals surface area contributed by atoms with Crippen molar-refractivity contribution in [3.05, 3.63) is 12.2 Å². The topological polar surface area (TPSA) is 20.2 Å². The molecule has 1 nitrogen and oxygen atoms in total. The van der Waals surface area contributed by atoms with Gasteiger partial charge in [0.05, 0.1) is 6.10 Å². The second-order valence-corrected chi connectivity index (χ2v) is 3.27. The van der Waals surface area contributed by atoms with E-state index in [-0.39, 0.29) is 6.10 Å². The van der Waals surface area contributed by atoms with Crippen LogP contribution in [0.5, 0.6) is 0 Å². The molecule has 7 heavy (non-hydrogen) atoms. The van der Waals surface area contributed by atoms with Gasteiger partial charge in [0.1, 0.15) is 0 Å². The first-order chi connectivity index (χ1) is 3.30. The number of aliphatic hydroxyl groups is 1. The highest BCUT2D eigenvalue weighted by Crippen LogP contribution is 2.18. The molecule has 2 unspecified atom stereocenters. The minimum Gasteiger partial charge on any atom is -0.388 e. The highest BCUT2D eigenvalue weighted by atomic mass is 127. The molecule has 0 radical (unpaired) electrons. The maximum Gasteiger partial charge on any atom is 0.0841 e. The highest BCUT2D eigenvalue weighted by molar-refractivity contribution is 14.1.